The van der Waals surface area contributed by atoms with E-state index >= 15 is 0 Å². The van der Waals surface area contributed by atoms with E-state index in [0.717, 1.165) is 30.7 Å². The van der Waals surface area contributed by atoms with Gasteiger partial charge in [-0.3, -0.25) is 4.98 Å². The molecule has 0 aliphatic carbocycles. The number of hydrogen-bond acceptors (Lipinski definition) is 2. The van der Waals surface area contributed by atoms with Crippen molar-refractivity contribution in [2.45, 2.75) is 32.7 Å². The van der Waals surface area contributed by atoms with Crippen LogP contribution in [0.5, 0.6) is 0 Å². The molecule has 88 valence electrons. The minimum absolute atomic E-state index is 0.245. The number of aromatic nitrogens is 1. The van der Waals surface area contributed by atoms with Crippen LogP contribution in [0.4, 0.5) is 0 Å². The second-order valence-electron chi connectivity index (χ2n) is 4.07. The van der Waals surface area contributed by atoms with Crippen LogP contribution in [0.3, 0.4) is 0 Å². The molecule has 0 amide bonds. The minimum Gasteiger partial charge on any atom is -0.308 e. The Morgan fingerprint density at radius 1 is 1.56 bits per heavy atom. The van der Waals surface area contributed by atoms with Crippen molar-refractivity contribution >= 4 is 11.6 Å². The maximum absolute atomic E-state index is 5.83. The van der Waals surface area contributed by atoms with Gasteiger partial charge < -0.3 is 5.32 Å². The van der Waals surface area contributed by atoms with Crippen LogP contribution in [0.15, 0.2) is 30.5 Å². The summed E-state index contributed by atoms with van der Waals surface area (Å²) in [6, 6.07) is 4.09. The van der Waals surface area contributed by atoms with Gasteiger partial charge in [-0.1, -0.05) is 24.1 Å². The van der Waals surface area contributed by atoms with Crippen molar-refractivity contribution in [3.05, 3.63) is 41.2 Å². The lowest BCUT2D eigenvalue weighted by atomic mass is 10.0. The van der Waals surface area contributed by atoms with Crippen molar-refractivity contribution in [3.8, 4) is 0 Å². The summed E-state index contributed by atoms with van der Waals surface area (Å²) >= 11 is 5.83. The predicted molar refractivity (Wildman–Crippen MR) is 69.7 cm³/mol. The summed E-state index contributed by atoms with van der Waals surface area (Å²) < 4.78 is 0. The van der Waals surface area contributed by atoms with Gasteiger partial charge in [-0.25, -0.2) is 0 Å². The number of halogens is 1. The van der Waals surface area contributed by atoms with Crippen molar-refractivity contribution in [2.24, 2.45) is 0 Å². The smallest absolute Gasteiger partial charge is 0.0589 e. The summed E-state index contributed by atoms with van der Waals surface area (Å²) in [6.45, 7) is 9.13. The van der Waals surface area contributed by atoms with Crippen molar-refractivity contribution < 1.29 is 0 Å². The van der Waals surface area contributed by atoms with Crippen molar-refractivity contribution in [1.82, 2.24) is 10.3 Å². The Kier molecular flexibility index (Phi) is 5.50. The minimum atomic E-state index is 0.245. The van der Waals surface area contributed by atoms with Crippen LogP contribution < -0.4 is 5.32 Å². The third-order valence-electron chi connectivity index (χ3n) is 2.30. The molecule has 0 bridgehead atoms. The van der Waals surface area contributed by atoms with Crippen LogP contribution in [-0.2, 0) is 0 Å². The molecule has 0 aliphatic heterocycles. The Morgan fingerprint density at radius 3 is 2.81 bits per heavy atom. The average molecular weight is 239 g/mol. The molecule has 0 aliphatic rings. The second kappa shape index (κ2) is 6.66. The first-order valence-corrected chi connectivity index (χ1v) is 6.00. The Labute approximate surface area is 103 Å². The highest BCUT2D eigenvalue weighted by molar-refractivity contribution is 6.30. The van der Waals surface area contributed by atoms with Gasteiger partial charge >= 0.3 is 0 Å². The Bertz CT molecular complexity index is 332. The molecule has 0 spiro atoms. The lowest BCUT2D eigenvalue weighted by Crippen LogP contribution is -2.23. The van der Waals surface area contributed by atoms with Gasteiger partial charge in [-0.15, -0.1) is 6.58 Å². The molecule has 1 aromatic heterocycles. The van der Waals surface area contributed by atoms with E-state index in [-0.39, 0.29) is 6.04 Å². The highest BCUT2D eigenvalue weighted by atomic mass is 35.5. The van der Waals surface area contributed by atoms with E-state index in [0.29, 0.717) is 5.02 Å². The lowest BCUT2D eigenvalue weighted by molar-refractivity contribution is 0.516. The fourth-order valence-electron chi connectivity index (χ4n) is 1.54. The fourth-order valence-corrected chi connectivity index (χ4v) is 1.65. The highest BCUT2D eigenvalue weighted by Gasteiger charge is 2.11. The van der Waals surface area contributed by atoms with Gasteiger partial charge in [0.25, 0.3) is 0 Å². The van der Waals surface area contributed by atoms with E-state index in [1.54, 1.807) is 6.20 Å². The van der Waals surface area contributed by atoms with E-state index in [1.165, 1.54) is 0 Å². The van der Waals surface area contributed by atoms with E-state index in [9.17, 15) is 0 Å². The Hall–Kier alpha value is -0.860. The Morgan fingerprint density at radius 2 is 2.31 bits per heavy atom. The average Bonchev–Trinajstić information content (AvgIpc) is 2.25. The van der Waals surface area contributed by atoms with Gasteiger partial charge in [-0.2, -0.15) is 0 Å². The topological polar surface area (TPSA) is 24.9 Å². The first kappa shape index (κ1) is 13.2. The largest absolute Gasteiger partial charge is 0.308 e. The molecule has 1 N–H and O–H groups in total. The first-order chi connectivity index (χ1) is 7.63. The third-order valence-corrected chi connectivity index (χ3v) is 2.52. The highest BCUT2D eigenvalue weighted by Crippen LogP contribution is 2.19. The fraction of sp³-hybridized carbons (Fsp3) is 0.462. The van der Waals surface area contributed by atoms with Crippen LogP contribution in [0, 0.1) is 0 Å². The van der Waals surface area contributed by atoms with E-state index in [4.69, 9.17) is 11.6 Å². The quantitative estimate of drug-likeness (QED) is 0.764. The SMILES string of the molecule is C=C(C)CC(NCCC)c1ccc(Cl)cn1. The van der Waals surface area contributed by atoms with Gasteiger partial charge in [0.1, 0.15) is 0 Å². The number of nitrogens with zero attached hydrogens (tertiary/aromatic N) is 1. The predicted octanol–water partition coefficient (Wildman–Crippen LogP) is 3.74. The summed E-state index contributed by atoms with van der Waals surface area (Å²) in [4.78, 5) is 4.35. The molecule has 2 nitrogen and oxygen atoms in total. The third kappa shape index (κ3) is 4.33. The number of hydrogen-bond donors (Lipinski definition) is 1. The van der Waals surface area contributed by atoms with Gasteiger partial charge in [0, 0.05) is 6.20 Å². The van der Waals surface area contributed by atoms with Crippen LogP contribution in [0.1, 0.15) is 38.4 Å². The van der Waals surface area contributed by atoms with Crippen LogP contribution >= 0.6 is 11.6 Å². The summed E-state index contributed by atoms with van der Waals surface area (Å²) in [6.07, 6.45) is 3.71. The zero-order chi connectivity index (χ0) is 12.0. The molecular weight excluding hydrogens is 220 g/mol. The maximum Gasteiger partial charge on any atom is 0.0589 e. The summed E-state index contributed by atoms with van der Waals surface area (Å²) in [5.74, 6) is 0. The van der Waals surface area contributed by atoms with E-state index in [2.05, 4.69) is 23.8 Å². The Balaban J connectivity index is 2.74. The molecule has 3 heteroatoms. The first-order valence-electron chi connectivity index (χ1n) is 5.62. The number of rotatable bonds is 6. The molecule has 0 aromatic carbocycles. The van der Waals surface area contributed by atoms with Gasteiger partial charge in [0.05, 0.1) is 16.8 Å². The van der Waals surface area contributed by atoms with Crippen molar-refractivity contribution in [1.29, 1.82) is 0 Å². The van der Waals surface area contributed by atoms with E-state index in [1.807, 2.05) is 19.1 Å². The van der Waals surface area contributed by atoms with Gasteiger partial charge in [-0.05, 0) is 38.4 Å². The molecule has 0 saturated heterocycles. The standard InChI is InChI=1S/C13H19ClN2/c1-4-7-15-13(8-10(2)3)12-6-5-11(14)9-16-12/h5-6,9,13,15H,2,4,7-8H2,1,3H3. The molecule has 1 unspecified atom stereocenters. The van der Waals surface area contributed by atoms with Crippen LogP contribution in [-0.4, -0.2) is 11.5 Å². The molecule has 1 atom stereocenters. The van der Waals surface area contributed by atoms with Crippen molar-refractivity contribution in [2.75, 3.05) is 6.54 Å². The summed E-state index contributed by atoms with van der Waals surface area (Å²) in [5, 5.41) is 4.14. The van der Waals surface area contributed by atoms with E-state index < -0.39 is 0 Å². The normalized spacial score (nSPS) is 12.4. The number of pyridine rings is 1. The molecule has 0 saturated carbocycles. The maximum atomic E-state index is 5.83. The van der Waals surface area contributed by atoms with Gasteiger partial charge in [0.15, 0.2) is 0 Å². The molecular formula is C13H19ClN2. The van der Waals surface area contributed by atoms with Crippen LogP contribution in [0.25, 0.3) is 0 Å². The van der Waals surface area contributed by atoms with Gasteiger partial charge in [0.2, 0.25) is 0 Å². The molecule has 1 rings (SSSR count). The molecule has 1 heterocycles. The summed E-state index contributed by atoms with van der Waals surface area (Å²) in [5.41, 5.74) is 2.19. The molecule has 1 aromatic rings. The van der Waals surface area contributed by atoms with Crippen LogP contribution in [0.2, 0.25) is 5.02 Å². The number of nitrogens with one attached hydrogen (secondary N) is 1. The van der Waals surface area contributed by atoms with Crippen molar-refractivity contribution in [3.63, 3.8) is 0 Å². The summed E-state index contributed by atoms with van der Waals surface area (Å²) in [7, 11) is 0. The molecule has 0 fully saturated rings. The second-order valence-corrected chi connectivity index (χ2v) is 4.51. The monoisotopic (exact) mass is 238 g/mol. The zero-order valence-electron chi connectivity index (χ0n) is 9.96. The molecule has 16 heavy (non-hydrogen) atoms. The zero-order valence-corrected chi connectivity index (χ0v) is 10.7. The lowest BCUT2D eigenvalue weighted by Gasteiger charge is -2.18. The molecule has 0 radical (unpaired) electrons.